The Labute approximate surface area is 117 Å². The summed E-state index contributed by atoms with van der Waals surface area (Å²) in [7, 11) is 0. The summed E-state index contributed by atoms with van der Waals surface area (Å²) in [5.74, 6) is 0.913. The number of hydrogen-bond acceptors (Lipinski definition) is 3. The van der Waals surface area contributed by atoms with E-state index in [1.165, 1.54) is 5.56 Å². The lowest BCUT2D eigenvalue weighted by Crippen LogP contribution is -2.21. The van der Waals surface area contributed by atoms with Gasteiger partial charge in [0, 0.05) is 12.6 Å². The maximum Gasteiger partial charge on any atom is 0.119 e. The van der Waals surface area contributed by atoms with Crippen molar-refractivity contribution in [1.29, 1.82) is 0 Å². The second-order valence-electron chi connectivity index (χ2n) is 5.12. The van der Waals surface area contributed by atoms with E-state index < -0.39 is 0 Å². The highest BCUT2D eigenvalue weighted by Gasteiger charge is 2.00. The van der Waals surface area contributed by atoms with E-state index in [2.05, 4.69) is 45.1 Å². The fourth-order valence-corrected chi connectivity index (χ4v) is 1.59. The standard InChI is InChI=1S/C16H27NO2/c1-5-14(4)18-9-10-19-16-8-6-7-15(11-16)12-17-13(2)3/h6-8,11,13-14,17H,5,9-10,12H2,1-4H3. The number of rotatable bonds is 9. The van der Waals surface area contributed by atoms with E-state index in [0.29, 0.717) is 25.4 Å². The molecule has 3 nitrogen and oxygen atoms in total. The molecule has 1 atom stereocenters. The van der Waals surface area contributed by atoms with Crippen LogP contribution in [-0.4, -0.2) is 25.4 Å². The maximum absolute atomic E-state index is 5.70. The summed E-state index contributed by atoms with van der Waals surface area (Å²) in [5, 5.41) is 3.40. The molecule has 1 N–H and O–H groups in total. The third-order valence-electron chi connectivity index (χ3n) is 2.94. The average Bonchev–Trinajstić information content (AvgIpc) is 2.41. The Balaban J connectivity index is 2.31. The van der Waals surface area contributed by atoms with Crippen LogP contribution in [0.2, 0.25) is 0 Å². The van der Waals surface area contributed by atoms with Crippen LogP contribution in [0.4, 0.5) is 0 Å². The van der Waals surface area contributed by atoms with Gasteiger partial charge in [-0.2, -0.15) is 0 Å². The molecule has 0 fully saturated rings. The van der Waals surface area contributed by atoms with Crippen molar-refractivity contribution in [2.75, 3.05) is 13.2 Å². The predicted octanol–water partition coefficient (Wildman–Crippen LogP) is 3.38. The minimum atomic E-state index is 0.310. The zero-order valence-corrected chi connectivity index (χ0v) is 12.6. The molecule has 19 heavy (non-hydrogen) atoms. The molecule has 0 bridgehead atoms. The van der Waals surface area contributed by atoms with E-state index >= 15 is 0 Å². The molecule has 0 spiro atoms. The molecule has 0 aromatic heterocycles. The summed E-state index contributed by atoms with van der Waals surface area (Å²) in [6.45, 7) is 10.6. The summed E-state index contributed by atoms with van der Waals surface area (Å²) in [4.78, 5) is 0. The average molecular weight is 265 g/mol. The Morgan fingerprint density at radius 2 is 1.95 bits per heavy atom. The Hall–Kier alpha value is -1.06. The number of nitrogens with one attached hydrogen (secondary N) is 1. The van der Waals surface area contributed by atoms with Crippen molar-refractivity contribution < 1.29 is 9.47 Å². The molecular weight excluding hydrogens is 238 g/mol. The van der Waals surface area contributed by atoms with E-state index in [1.54, 1.807) is 0 Å². The summed E-state index contributed by atoms with van der Waals surface area (Å²) in [5.41, 5.74) is 1.24. The van der Waals surface area contributed by atoms with Crippen molar-refractivity contribution >= 4 is 0 Å². The normalized spacial score (nSPS) is 12.7. The van der Waals surface area contributed by atoms with Gasteiger partial charge >= 0.3 is 0 Å². The minimum Gasteiger partial charge on any atom is -0.491 e. The molecular formula is C16H27NO2. The van der Waals surface area contributed by atoms with Gasteiger partial charge in [0.2, 0.25) is 0 Å². The van der Waals surface area contributed by atoms with Gasteiger partial charge in [-0.25, -0.2) is 0 Å². The van der Waals surface area contributed by atoms with E-state index in [1.807, 2.05) is 12.1 Å². The lowest BCUT2D eigenvalue weighted by molar-refractivity contribution is 0.0426. The molecule has 108 valence electrons. The first-order valence-electron chi connectivity index (χ1n) is 7.18. The van der Waals surface area contributed by atoms with Crippen LogP contribution in [0.1, 0.15) is 39.7 Å². The van der Waals surface area contributed by atoms with Crippen LogP contribution in [0.3, 0.4) is 0 Å². The van der Waals surface area contributed by atoms with E-state index in [-0.39, 0.29) is 0 Å². The van der Waals surface area contributed by atoms with Crippen LogP contribution in [0.25, 0.3) is 0 Å². The van der Waals surface area contributed by atoms with Gasteiger partial charge in [0.25, 0.3) is 0 Å². The van der Waals surface area contributed by atoms with Crippen LogP contribution in [0.15, 0.2) is 24.3 Å². The molecule has 0 saturated carbocycles. The lowest BCUT2D eigenvalue weighted by atomic mass is 10.2. The van der Waals surface area contributed by atoms with Crippen molar-refractivity contribution in [1.82, 2.24) is 5.32 Å². The molecule has 0 radical (unpaired) electrons. The molecule has 0 saturated heterocycles. The van der Waals surface area contributed by atoms with Gasteiger partial charge in [-0.3, -0.25) is 0 Å². The first-order valence-corrected chi connectivity index (χ1v) is 7.18. The van der Waals surface area contributed by atoms with Gasteiger partial charge in [-0.05, 0) is 31.0 Å². The van der Waals surface area contributed by atoms with Crippen molar-refractivity contribution in [2.24, 2.45) is 0 Å². The van der Waals surface area contributed by atoms with Gasteiger partial charge in [0.05, 0.1) is 12.7 Å². The minimum absolute atomic E-state index is 0.310. The molecule has 0 aliphatic carbocycles. The predicted molar refractivity (Wildman–Crippen MR) is 79.6 cm³/mol. The summed E-state index contributed by atoms with van der Waals surface area (Å²) < 4.78 is 11.3. The fourth-order valence-electron chi connectivity index (χ4n) is 1.59. The summed E-state index contributed by atoms with van der Waals surface area (Å²) in [6.07, 6.45) is 1.35. The zero-order valence-electron chi connectivity index (χ0n) is 12.6. The molecule has 1 rings (SSSR count). The first-order chi connectivity index (χ1) is 9.11. The third-order valence-corrected chi connectivity index (χ3v) is 2.94. The first kappa shape index (κ1) is 16.0. The van der Waals surface area contributed by atoms with Gasteiger partial charge < -0.3 is 14.8 Å². The second-order valence-corrected chi connectivity index (χ2v) is 5.12. The highest BCUT2D eigenvalue weighted by molar-refractivity contribution is 5.28. The Morgan fingerprint density at radius 1 is 1.16 bits per heavy atom. The number of ether oxygens (including phenoxy) is 2. The smallest absolute Gasteiger partial charge is 0.119 e. The maximum atomic E-state index is 5.70. The Morgan fingerprint density at radius 3 is 2.63 bits per heavy atom. The molecule has 0 aliphatic rings. The van der Waals surface area contributed by atoms with E-state index in [4.69, 9.17) is 9.47 Å². The van der Waals surface area contributed by atoms with Crippen molar-refractivity contribution in [3.8, 4) is 5.75 Å². The van der Waals surface area contributed by atoms with Crippen LogP contribution in [-0.2, 0) is 11.3 Å². The SMILES string of the molecule is CCC(C)OCCOc1cccc(CNC(C)C)c1. The van der Waals surface area contributed by atoms with Gasteiger partial charge in [0.15, 0.2) is 0 Å². The summed E-state index contributed by atoms with van der Waals surface area (Å²) in [6, 6.07) is 8.70. The molecule has 0 amide bonds. The van der Waals surface area contributed by atoms with Crippen molar-refractivity contribution in [3.63, 3.8) is 0 Å². The van der Waals surface area contributed by atoms with Crippen molar-refractivity contribution in [2.45, 2.75) is 52.8 Å². The van der Waals surface area contributed by atoms with Gasteiger partial charge in [-0.15, -0.1) is 0 Å². The van der Waals surface area contributed by atoms with Crippen molar-refractivity contribution in [3.05, 3.63) is 29.8 Å². The number of benzene rings is 1. The quantitative estimate of drug-likeness (QED) is 0.694. The fraction of sp³-hybridized carbons (Fsp3) is 0.625. The van der Waals surface area contributed by atoms with Gasteiger partial charge in [-0.1, -0.05) is 32.9 Å². The van der Waals surface area contributed by atoms with Crippen LogP contribution in [0, 0.1) is 0 Å². The Kier molecular flexibility index (Phi) is 7.53. The molecule has 0 heterocycles. The zero-order chi connectivity index (χ0) is 14.1. The Bertz CT molecular complexity index is 352. The van der Waals surface area contributed by atoms with E-state index in [0.717, 1.165) is 18.7 Å². The largest absolute Gasteiger partial charge is 0.491 e. The molecule has 1 aromatic carbocycles. The molecule has 0 aliphatic heterocycles. The highest BCUT2D eigenvalue weighted by atomic mass is 16.5. The third kappa shape index (κ3) is 7.19. The van der Waals surface area contributed by atoms with Crippen LogP contribution in [0.5, 0.6) is 5.75 Å². The topological polar surface area (TPSA) is 30.5 Å². The van der Waals surface area contributed by atoms with Crippen LogP contribution < -0.4 is 10.1 Å². The molecule has 1 aromatic rings. The molecule has 3 heteroatoms. The highest BCUT2D eigenvalue weighted by Crippen LogP contribution is 2.13. The van der Waals surface area contributed by atoms with Gasteiger partial charge in [0.1, 0.15) is 12.4 Å². The molecule has 1 unspecified atom stereocenters. The lowest BCUT2D eigenvalue weighted by Gasteiger charge is -2.12. The van der Waals surface area contributed by atoms with E-state index in [9.17, 15) is 0 Å². The monoisotopic (exact) mass is 265 g/mol. The van der Waals surface area contributed by atoms with Crippen LogP contribution >= 0.6 is 0 Å². The summed E-state index contributed by atoms with van der Waals surface area (Å²) >= 11 is 0. The second kappa shape index (κ2) is 8.94. The number of hydrogen-bond donors (Lipinski definition) is 1.